The highest BCUT2D eigenvalue weighted by atomic mass is 32.2. The van der Waals surface area contributed by atoms with Gasteiger partial charge in [-0.05, 0) is 49.7 Å². The van der Waals surface area contributed by atoms with Gasteiger partial charge in [-0.2, -0.15) is 0 Å². The Labute approximate surface area is 115 Å². The summed E-state index contributed by atoms with van der Waals surface area (Å²) in [4.78, 5) is 0.264. The third-order valence-electron chi connectivity index (χ3n) is 3.25. The number of hydrogen-bond acceptors (Lipinski definition) is 4. The summed E-state index contributed by atoms with van der Waals surface area (Å²) in [6.07, 6.45) is 0. The molecule has 0 radical (unpaired) electrons. The summed E-state index contributed by atoms with van der Waals surface area (Å²) in [5.74, 6) is 0.919. The van der Waals surface area contributed by atoms with Crippen LogP contribution in [0.2, 0.25) is 0 Å². The lowest BCUT2D eigenvalue weighted by atomic mass is 9.96. The van der Waals surface area contributed by atoms with Crippen LogP contribution in [0.4, 0.5) is 5.69 Å². The molecule has 0 aliphatic heterocycles. The minimum absolute atomic E-state index is 0.264. The molecule has 0 aliphatic rings. The van der Waals surface area contributed by atoms with E-state index in [0.717, 1.165) is 12.2 Å². The van der Waals surface area contributed by atoms with Crippen molar-refractivity contribution in [2.45, 2.75) is 18.7 Å². The Balaban J connectivity index is 2.68. The Hall–Kier alpha value is -1.11. The van der Waals surface area contributed by atoms with Crippen molar-refractivity contribution in [2.24, 2.45) is 17.6 Å². The minimum Gasteiger partial charge on any atom is -0.385 e. The van der Waals surface area contributed by atoms with Gasteiger partial charge in [-0.25, -0.2) is 13.1 Å². The van der Waals surface area contributed by atoms with Crippen molar-refractivity contribution in [3.8, 4) is 0 Å². The number of rotatable bonds is 7. The molecule has 0 fully saturated rings. The highest BCUT2D eigenvalue weighted by Crippen LogP contribution is 2.15. The zero-order valence-corrected chi connectivity index (χ0v) is 12.5. The summed E-state index contributed by atoms with van der Waals surface area (Å²) in [6, 6.07) is 6.69. The molecule has 1 aromatic carbocycles. The zero-order chi connectivity index (χ0) is 14.5. The van der Waals surface area contributed by atoms with Crippen molar-refractivity contribution in [1.29, 1.82) is 0 Å². The monoisotopic (exact) mass is 285 g/mol. The smallest absolute Gasteiger partial charge is 0.240 e. The molecular weight excluding hydrogens is 262 g/mol. The maximum atomic E-state index is 11.6. The van der Waals surface area contributed by atoms with E-state index in [2.05, 4.69) is 23.9 Å². The van der Waals surface area contributed by atoms with Gasteiger partial charge in [0, 0.05) is 12.2 Å². The molecule has 0 saturated heterocycles. The van der Waals surface area contributed by atoms with Crippen LogP contribution in [0.5, 0.6) is 0 Å². The molecule has 1 unspecified atom stereocenters. The molecule has 0 aliphatic carbocycles. The third kappa shape index (κ3) is 4.49. The zero-order valence-electron chi connectivity index (χ0n) is 11.7. The summed E-state index contributed by atoms with van der Waals surface area (Å²) in [5.41, 5.74) is 6.61. The molecule has 19 heavy (non-hydrogen) atoms. The van der Waals surface area contributed by atoms with Gasteiger partial charge in [-0.3, -0.25) is 0 Å². The fourth-order valence-corrected chi connectivity index (χ4v) is 2.44. The van der Waals surface area contributed by atoms with E-state index in [0.29, 0.717) is 18.4 Å². The number of anilines is 1. The summed E-state index contributed by atoms with van der Waals surface area (Å²) >= 11 is 0. The van der Waals surface area contributed by atoms with Crippen molar-refractivity contribution in [1.82, 2.24) is 4.72 Å². The SMILES string of the molecule is CNS(=O)(=O)c1ccc(NCC(CN)C(C)C)cc1. The molecule has 6 heteroatoms. The first-order valence-corrected chi connectivity index (χ1v) is 7.86. The van der Waals surface area contributed by atoms with Gasteiger partial charge in [0.1, 0.15) is 0 Å². The molecular formula is C13H23N3O2S. The van der Waals surface area contributed by atoms with Gasteiger partial charge in [-0.15, -0.1) is 0 Å². The highest BCUT2D eigenvalue weighted by molar-refractivity contribution is 7.89. The molecule has 1 aromatic rings. The second kappa shape index (κ2) is 6.88. The summed E-state index contributed by atoms with van der Waals surface area (Å²) in [5, 5.41) is 3.28. The van der Waals surface area contributed by atoms with Crippen LogP contribution in [0.1, 0.15) is 13.8 Å². The maximum Gasteiger partial charge on any atom is 0.240 e. The third-order valence-corrected chi connectivity index (χ3v) is 4.68. The van der Waals surface area contributed by atoms with E-state index in [1.165, 1.54) is 7.05 Å². The molecule has 0 spiro atoms. The fourth-order valence-electron chi connectivity index (χ4n) is 1.71. The van der Waals surface area contributed by atoms with Gasteiger partial charge >= 0.3 is 0 Å². The first-order chi connectivity index (χ1) is 8.90. The average molecular weight is 285 g/mol. The van der Waals surface area contributed by atoms with Crippen molar-refractivity contribution in [3.05, 3.63) is 24.3 Å². The van der Waals surface area contributed by atoms with E-state index < -0.39 is 10.0 Å². The Morgan fingerprint density at radius 2 is 1.79 bits per heavy atom. The number of nitrogens with two attached hydrogens (primary N) is 1. The van der Waals surface area contributed by atoms with Gasteiger partial charge in [-0.1, -0.05) is 13.8 Å². The summed E-state index contributed by atoms with van der Waals surface area (Å²) in [7, 11) is -1.96. The minimum atomic E-state index is -3.36. The Morgan fingerprint density at radius 1 is 1.21 bits per heavy atom. The van der Waals surface area contributed by atoms with Gasteiger partial charge in [0.2, 0.25) is 10.0 Å². The van der Waals surface area contributed by atoms with Crippen LogP contribution < -0.4 is 15.8 Å². The lowest BCUT2D eigenvalue weighted by molar-refractivity contribution is 0.413. The van der Waals surface area contributed by atoms with Crippen molar-refractivity contribution < 1.29 is 8.42 Å². The number of benzene rings is 1. The lowest BCUT2D eigenvalue weighted by Crippen LogP contribution is -2.27. The first kappa shape index (κ1) is 15.9. The van der Waals surface area contributed by atoms with Crippen molar-refractivity contribution >= 4 is 15.7 Å². The molecule has 0 aromatic heterocycles. The van der Waals surface area contributed by atoms with Crippen LogP contribution in [0, 0.1) is 11.8 Å². The van der Waals surface area contributed by atoms with Crippen LogP contribution in [-0.2, 0) is 10.0 Å². The largest absolute Gasteiger partial charge is 0.385 e. The molecule has 0 saturated carbocycles. The molecule has 0 heterocycles. The van der Waals surface area contributed by atoms with Gasteiger partial charge in [0.05, 0.1) is 4.90 Å². The number of hydrogen-bond donors (Lipinski definition) is 3. The summed E-state index contributed by atoms with van der Waals surface area (Å²) in [6.45, 7) is 5.70. The Kier molecular flexibility index (Phi) is 5.78. The van der Waals surface area contributed by atoms with E-state index in [1.54, 1.807) is 24.3 Å². The standard InChI is InChI=1S/C13H23N3O2S/c1-10(2)11(8-14)9-16-12-4-6-13(7-5-12)19(17,18)15-3/h4-7,10-11,15-16H,8-9,14H2,1-3H3. The molecule has 0 bridgehead atoms. The number of nitrogens with one attached hydrogen (secondary N) is 2. The summed E-state index contributed by atoms with van der Waals surface area (Å²) < 4.78 is 25.4. The van der Waals surface area contributed by atoms with Crippen LogP contribution in [0.15, 0.2) is 29.2 Å². The van der Waals surface area contributed by atoms with Crippen LogP contribution in [-0.4, -0.2) is 28.6 Å². The predicted octanol–water partition coefficient (Wildman–Crippen LogP) is 1.24. The van der Waals surface area contributed by atoms with Crippen LogP contribution in [0.3, 0.4) is 0 Å². The molecule has 4 N–H and O–H groups in total. The van der Waals surface area contributed by atoms with Crippen LogP contribution in [0.25, 0.3) is 0 Å². The van der Waals surface area contributed by atoms with E-state index in [9.17, 15) is 8.42 Å². The number of sulfonamides is 1. The van der Waals surface area contributed by atoms with Crippen LogP contribution >= 0.6 is 0 Å². The Morgan fingerprint density at radius 3 is 2.21 bits per heavy atom. The highest BCUT2D eigenvalue weighted by Gasteiger charge is 2.12. The second-order valence-electron chi connectivity index (χ2n) is 4.85. The Bertz CT molecular complexity index is 483. The predicted molar refractivity (Wildman–Crippen MR) is 78.6 cm³/mol. The molecule has 108 valence electrons. The molecule has 5 nitrogen and oxygen atoms in total. The van der Waals surface area contributed by atoms with Gasteiger partial charge in [0.15, 0.2) is 0 Å². The van der Waals surface area contributed by atoms with E-state index in [4.69, 9.17) is 5.73 Å². The second-order valence-corrected chi connectivity index (χ2v) is 6.74. The maximum absolute atomic E-state index is 11.6. The van der Waals surface area contributed by atoms with E-state index in [-0.39, 0.29) is 4.90 Å². The molecule has 0 amide bonds. The van der Waals surface area contributed by atoms with Crippen molar-refractivity contribution in [3.63, 3.8) is 0 Å². The average Bonchev–Trinajstić information content (AvgIpc) is 2.39. The van der Waals surface area contributed by atoms with Crippen molar-refractivity contribution in [2.75, 3.05) is 25.5 Å². The topological polar surface area (TPSA) is 84.2 Å². The van der Waals surface area contributed by atoms with Gasteiger partial charge in [0.25, 0.3) is 0 Å². The fraction of sp³-hybridized carbons (Fsp3) is 0.538. The quantitative estimate of drug-likeness (QED) is 0.703. The molecule has 1 atom stereocenters. The van der Waals surface area contributed by atoms with E-state index >= 15 is 0 Å². The lowest BCUT2D eigenvalue weighted by Gasteiger charge is -2.20. The molecule has 1 rings (SSSR count). The van der Waals surface area contributed by atoms with E-state index in [1.807, 2.05) is 0 Å². The van der Waals surface area contributed by atoms with Gasteiger partial charge < -0.3 is 11.1 Å². The first-order valence-electron chi connectivity index (χ1n) is 6.38. The normalized spacial score (nSPS) is 13.5.